The van der Waals surface area contributed by atoms with Crippen LogP contribution in [0.15, 0.2) is 33.9 Å². The number of Topliss-reactive ketones (excluding diaryl/α,β-unsaturated/α-hetero) is 1. The molecule has 22 heavy (non-hydrogen) atoms. The lowest BCUT2D eigenvalue weighted by Gasteiger charge is -2.04. The van der Waals surface area contributed by atoms with Crippen molar-refractivity contribution >= 4 is 29.3 Å². The van der Waals surface area contributed by atoms with Crippen molar-refractivity contribution in [1.82, 2.24) is 10.2 Å². The van der Waals surface area contributed by atoms with E-state index >= 15 is 0 Å². The van der Waals surface area contributed by atoms with E-state index in [0.29, 0.717) is 22.4 Å². The minimum Gasteiger partial charge on any atom is -0.435 e. The van der Waals surface area contributed by atoms with Crippen LogP contribution in [0, 0.1) is 0 Å². The Balaban J connectivity index is 1.88. The highest BCUT2D eigenvalue weighted by molar-refractivity contribution is 7.99. The summed E-state index contributed by atoms with van der Waals surface area (Å²) in [6.45, 7) is -2.88. The van der Waals surface area contributed by atoms with Crippen LogP contribution in [0.3, 0.4) is 0 Å². The van der Waals surface area contributed by atoms with Gasteiger partial charge in [0.15, 0.2) is 5.78 Å². The molecule has 1 aromatic heterocycles. The van der Waals surface area contributed by atoms with Gasteiger partial charge in [0.25, 0.3) is 5.22 Å². The van der Waals surface area contributed by atoms with E-state index < -0.39 is 6.61 Å². The molecular formula is C13H12F2N2O3S2. The number of benzene rings is 1. The zero-order valence-electron chi connectivity index (χ0n) is 11.5. The van der Waals surface area contributed by atoms with Crippen molar-refractivity contribution in [3.05, 3.63) is 35.7 Å². The number of rotatable bonds is 8. The van der Waals surface area contributed by atoms with Crippen LogP contribution in [0.25, 0.3) is 0 Å². The summed E-state index contributed by atoms with van der Waals surface area (Å²) in [5, 5.41) is 7.99. The summed E-state index contributed by atoms with van der Waals surface area (Å²) >= 11 is 2.69. The lowest BCUT2D eigenvalue weighted by atomic mass is 10.1. The molecule has 1 aromatic carbocycles. The smallest absolute Gasteiger partial charge is 0.387 e. The summed E-state index contributed by atoms with van der Waals surface area (Å²) in [5.74, 6) is 1.09. The van der Waals surface area contributed by atoms with Crippen LogP contribution >= 0.6 is 23.5 Å². The van der Waals surface area contributed by atoms with Gasteiger partial charge in [0, 0.05) is 5.56 Å². The Hall–Kier alpha value is -1.61. The maximum Gasteiger partial charge on any atom is 0.387 e. The van der Waals surface area contributed by atoms with E-state index in [2.05, 4.69) is 14.9 Å². The molecule has 0 aliphatic rings. The van der Waals surface area contributed by atoms with Gasteiger partial charge in [-0.1, -0.05) is 11.8 Å². The standard InChI is InChI=1S/C13H12F2N2O3S2/c1-21-7-11-16-17-13(20-11)22-6-10(18)8-2-4-9(5-3-8)19-12(14)15/h2-5,12H,6-7H2,1H3. The largest absolute Gasteiger partial charge is 0.435 e. The predicted molar refractivity (Wildman–Crippen MR) is 79.6 cm³/mol. The molecule has 0 aliphatic heterocycles. The lowest BCUT2D eigenvalue weighted by Crippen LogP contribution is -2.04. The number of alkyl halides is 2. The van der Waals surface area contributed by atoms with E-state index in [1.165, 1.54) is 24.3 Å². The quantitative estimate of drug-likeness (QED) is 0.535. The zero-order chi connectivity index (χ0) is 15.9. The fourth-order valence-corrected chi connectivity index (χ4v) is 2.55. The molecule has 1 heterocycles. The molecule has 0 radical (unpaired) electrons. The molecule has 2 aromatic rings. The summed E-state index contributed by atoms with van der Waals surface area (Å²) in [6, 6.07) is 5.53. The first kappa shape index (κ1) is 16.8. The van der Waals surface area contributed by atoms with Gasteiger partial charge >= 0.3 is 6.61 Å². The summed E-state index contributed by atoms with van der Waals surface area (Å²) in [5.41, 5.74) is 0.401. The fraction of sp³-hybridized carbons (Fsp3) is 0.308. The van der Waals surface area contributed by atoms with Gasteiger partial charge in [0.1, 0.15) is 5.75 Å². The van der Waals surface area contributed by atoms with E-state index in [-0.39, 0.29) is 17.3 Å². The monoisotopic (exact) mass is 346 g/mol. The Morgan fingerprint density at radius 2 is 2.05 bits per heavy atom. The van der Waals surface area contributed by atoms with Gasteiger partial charge in [-0.25, -0.2) is 0 Å². The number of carbonyl (C=O) groups is 1. The molecule has 0 aliphatic carbocycles. The number of thioether (sulfide) groups is 2. The van der Waals surface area contributed by atoms with Crippen molar-refractivity contribution in [2.45, 2.75) is 17.6 Å². The highest BCUT2D eigenvalue weighted by Crippen LogP contribution is 2.20. The van der Waals surface area contributed by atoms with E-state index in [1.54, 1.807) is 11.8 Å². The van der Waals surface area contributed by atoms with Gasteiger partial charge < -0.3 is 9.15 Å². The molecule has 0 saturated heterocycles. The minimum absolute atomic E-state index is 0.0119. The third kappa shape index (κ3) is 4.99. The van der Waals surface area contributed by atoms with Crippen LogP contribution in [-0.2, 0) is 5.75 Å². The summed E-state index contributed by atoms with van der Waals surface area (Å²) in [7, 11) is 0. The second-order valence-corrected chi connectivity index (χ2v) is 5.80. The van der Waals surface area contributed by atoms with Crippen LogP contribution in [0.5, 0.6) is 5.75 Å². The number of ether oxygens (including phenoxy) is 1. The Morgan fingerprint density at radius 3 is 2.68 bits per heavy atom. The summed E-state index contributed by atoms with van der Waals surface area (Å²) < 4.78 is 33.6. The van der Waals surface area contributed by atoms with Crippen LogP contribution in [0.1, 0.15) is 16.2 Å². The number of ketones is 1. The molecule has 118 valence electrons. The van der Waals surface area contributed by atoms with Crippen molar-refractivity contribution in [3.8, 4) is 5.75 Å². The Labute approximate surface area is 133 Å². The molecule has 5 nitrogen and oxygen atoms in total. The molecule has 0 N–H and O–H groups in total. The maximum atomic E-state index is 12.0. The van der Waals surface area contributed by atoms with Crippen LogP contribution in [-0.4, -0.2) is 34.6 Å². The SMILES string of the molecule is CSCc1nnc(SCC(=O)c2ccc(OC(F)F)cc2)o1. The highest BCUT2D eigenvalue weighted by Gasteiger charge is 2.12. The average molecular weight is 346 g/mol. The first-order chi connectivity index (χ1) is 10.6. The topological polar surface area (TPSA) is 65.2 Å². The zero-order valence-corrected chi connectivity index (χ0v) is 13.1. The number of hydrogen-bond donors (Lipinski definition) is 0. The minimum atomic E-state index is -2.88. The molecule has 0 bridgehead atoms. The summed E-state index contributed by atoms with van der Waals surface area (Å²) in [6.07, 6.45) is 1.92. The summed E-state index contributed by atoms with van der Waals surface area (Å²) in [4.78, 5) is 12.0. The van der Waals surface area contributed by atoms with E-state index in [4.69, 9.17) is 4.42 Å². The molecule has 0 spiro atoms. The second-order valence-electron chi connectivity index (χ2n) is 4.01. The lowest BCUT2D eigenvalue weighted by molar-refractivity contribution is -0.0498. The molecule has 0 saturated carbocycles. The highest BCUT2D eigenvalue weighted by atomic mass is 32.2. The van der Waals surface area contributed by atoms with Crippen LogP contribution in [0.2, 0.25) is 0 Å². The average Bonchev–Trinajstić information content (AvgIpc) is 2.93. The third-order valence-corrected chi connectivity index (χ3v) is 3.80. The van der Waals surface area contributed by atoms with Gasteiger partial charge in [0.05, 0.1) is 11.5 Å². The molecule has 0 atom stereocenters. The van der Waals surface area contributed by atoms with E-state index in [1.807, 2.05) is 6.26 Å². The second kappa shape index (κ2) is 8.14. The molecular weight excluding hydrogens is 334 g/mol. The van der Waals surface area contributed by atoms with Gasteiger partial charge in [-0.05, 0) is 30.5 Å². The van der Waals surface area contributed by atoms with Crippen molar-refractivity contribution in [2.24, 2.45) is 0 Å². The number of carbonyl (C=O) groups excluding carboxylic acids is 1. The first-order valence-electron chi connectivity index (χ1n) is 6.10. The first-order valence-corrected chi connectivity index (χ1v) is 8.48. The number of halogens is 2. The number of hydrogen-bond acceptors (Lipinski definition) is 7. The van der Waals surface area contributed by atoms with E-state index in [0.717, 1.165) is 11.8 Å². The van der Waals surface area contributed by atoms with Crippen molar-refractivity contribution < 1.29 is 22.7 Å². The van der Waals surface area contributed by atoms with Crippen molar-refractivity contribution in [3.63, 3.8) is 0 Å². The fourth-order valence-electron chi connectivity index (χ4n) is 1.51. The molecule has 2 rings (SSSR count). The number of nitrogens with zero attached hydrogens (tertiary/aromatic N) is 2. The van der Waals surface area contributed by atoms with Crippen molar-refractivity contribution in [1.29, 1.82) is 0 Å². The molecule has 0 fully saturated rings. The van der Waals surface area contributed by atoms with Gasteiger partial charge in [-0.3, -0.25) is 4.79 Å². The molecule has 9 heteroatoms. The third-order valence-electron chi connectivity index (χ3n) is 2.44. The van der Waals surface area contributed by atoms with Crippen molar-refractivity contribution in [2.75, 3.05) is 12.0 Å². The van der Waals surface area contributed by atoms with Gasteiger partial charge in [-0.15, -0.1) is 10.2 Å². The molecule has 0 unspecified atom stereocenters. The van der Waals surface area contributed by atoms with Crippen LogP contribution < -0.4 is 4.74 Å². The van der Waals surface area contributed by atoms with Gasteiger partial charge in [0.2, 0.25) is 5.89 Å². The van der Waals surface area contributed by atoms with E-state index in [9.17, 15) is 13.6 Å². The Kier molecular flexibility index (Phi) is 6.20. The Bertz CT molecular complexity index is 620. The normalized spacial score (nSPS) is 10.9. The Morgan fingerprint density at radius 1 is 1.32 bits per heavy atom. The maximum absolute atomic E-state index is 12.0. The molecule has 0 amide bonds. The van der Waals surface area contributed by atoms with Gasteiger partial charge in [-0.2, -0.15) is 20.5 Å². The number of aromatic nitrogens is 2. The predicted octanol–water partition coefficient (Wildman–Crippen LogP) is 3.51. The van der Waals surface area contributed by atoms with Crippen LogP contribution in [0.4, 0.5) is 8.78 Å².